The molecule has 1 fully saturated rings. The summed E-state index contributed by atoms with van der Waals surface area (Å²) in [5, 5.41) is 5.43. The van der Waals surface area contributed by atoms with Crippen LogP contribution >= 0.6 is 11.3 Å². The lowest BCUT2D eigenvalue weighted by Crippen LogP contribution is -2.64. The van der Waals surface area contributed by atoms with Crippen molar-refractivity contribution >= 4 is 38.4 Å². The summed E-state index contributed by atoms with van der Waals surface area (Å²) < 4.78 is 1.86. The van der Waals surface area contributed by atoms with Crippen molar-refractivity contribution < 1.29 is 4.79 Å². The minimum atomic E-state index is -0.147. The zero-order chi connectivity index (χ0) is 26.8. The maximum Gasteiger partial charge on any atom is 0.236 e. The predicted molar refractivity (Wildman–Crippen MR) is 151 cm³/mol. The van der Waals surface area contributed by atoms with Gasteiger partial charge in [-0.3, -0.25) is 9.69 Å². The summed E-state index contributed by atoms with van der Waals surface area (Å²) in [5.74, 6) is 0.438. The van der Waals surface area contributed by atoms with Crippen molar-refractivity contribution in [2.24, 2.45) is 0 Å². The minimum absolute atomic E-state index is 0.139. The lowest BCUT2D eigenvalue weighted by atomic mass is 9.95. The number of fused-ring (bicyclic) bond motifs is 2. The molecule has 1 aliphatic rings. The number of hydrogen-bond donors (Lipinski definition) is 1. The first-order chi connectivity index (χ1) is 17.4. The molecule has 0 radical (unpaired) electrons. The Morgan fingerprint density at radius 1 is 1.27 bits per heavy atom. The number of rotatable bonds is 5. The number of likely N-dealkylation sites (N-methyl/N-ethyl adjacent to an activating group) is 1. The number of thiazole rings is 1. The Kier molecular flexibility index (Phi) is 6.31. The van der Waals surface area contributed by atoms with Crippen LogP contribution < -0.4 is 4.90 Å². The Balaban J connectivity index is 1.52. The van der Waals surface area contributed by atoms with Gasteiger partial charge < -0.3 is 14.8 Å². The first-order valence-electron chi connectivity index (χ1n) is 12.9. The van der Waals surface area contributed by atoms with Gasteiger partial charge in [-0.25, -0.2) is 14.5 Å². The molecule has 0 saturated carbocycles. The van der Waals surface area contributed by atoms with Gasteiger partial charge in [0.2, 0.25) is 5.91 Å². The van der Waals surface area contributed by atoms with Crippen molar-refractivity contribution in [1.29, 1.82) is 0 Å². The molecular weight excluding hydrogens is 484 g/mol. The van der Waals surface area contributed by atoms with Gasteiger partial charge in [0.25, 0.3) is 0 Å². The molecule has 10 heteroatoms. The number of hydrogen-bond acceptors (Lipinski definition) is 7. The van der Waals surface area contributed by atoms with E-state index in [0.717, 1.165) is 51.0 Å². The zero-order valence-electron chi connectivity index (χ0n) is 23.4. The number of piperazine rings is 1. The van der Waals surface area contributed by atoms with Gasteiger partial charge in [-0.05, 0) is 51.7 Å². The van der Waals surface area contributed by atoms with Crippen LogP contribution in [0.2, 0.25) is 0 Å². The second kappa shape index (κ2) is 9.09. The molecule has 0 unspecified atom stereocenters. The number of H-pyrrole nitrogens is 1. The summed E-state index contributed by atoms with van der Waals surface area (Å²) in [6.45, 7) is 17.5. The Morgan fingerprint density at radius 3 is 2.68 bits per heavy atom. The highest BCUT2D eigenvalue weighted by Gasteiger charge is 2.39. The summed E-state index contributed by atoms with van der Waals surface area (Å²) in [5.41, 5.74) is 7.63. The molecule has 1 saturated heterocycles. The second-order valence-corrected chi connectivity index (χ2v) is 12.5. The highest BCUT2D eigenvalue weighted by molar-refractivity contribution is 7.21. The summed E-state index contributed by atoms with van der Waals surface area (Å²) >= 11 is 1.72. The number of nitrogens with one attached hydrogen (secondary N) is 1. The predicted octanol–water partition coefficient (Wildman–Crippen LogP) is 4.45. The van der Waals surface area contributed by atoms with Gasteiger partial charge in [0.15, 0.2) is 10.8 Å². The van der Waals surface area contributed by atoms with E-state index in [1.54, 1.807) is 22.6 Å². The maximum atomic E-state index is 12.4. The first kappa shape index (κ1) is 25.7. The number of anilines is 1. The van der Waals surface area contributed by atoms with Crippen LogP contribution in [0.4, 0.5) is 5.13 Å². The van der Waals surface area contributed by atoms with Crippen LogP contribution in [0.15, 0.2) is 12.5 Å². The van der Waals surface area contributed by atoms with Gasteiger partial charge in [0, 0.05) is 56.1 Å². The van der Waals surface area contributed by atoms with Crippen LogP contribution in [0.3, 0.4) is 0 Å². The van der Waals surface area contributed by atoms with E-state index in [1.807, 2.05) is 18.6 Å². The van der Waals surface area contributed by atoms with Gasteiger partial charge in [-0.2, -0.15) is 5.10 Å². The molecular formula is C27H38N8OS. The smallest absolute Gasteiger partial charge is 0.236 e. The van der Waals surface area contributed by atoms with Crippen molar-refractivity contribution in [2.75, 3.05) is 38.6 Å². The normalized spacial score (nSPS) is 18.4. The monoisotopic (exact) mass is 522 g/mol. The van der Waals surface area contributed by atoms with E-state index < -0.39 is 0 Å². The van der Waals surface area contributed by atoms with Crippen LogP contribution in [0.5, 0.6) is 0 Å². The standard InChI is InChI=1S/C27H38N8OS/c1-15(2)21-22(19-11-35-24(28-14-29-35)18(5)17(19)4)30-25-23(21)31-26(37-25)34-13-27(6,7)33(10-16(34)3)12-20(36)32(8)9/h11,14-16,30H,10,12-13H2,1-9H3/t16-/m0/s1. The molecule has 5 rings (SSSR count). The number of aromatic nitrogens is 5. The quantitative estimate of drug-likeness (QED) is 0.417. The fourth-order valence-electron chi connectivity index (χ4n) is 5.40. The highest BCUT2D eigenvalue weighted by Crippen LogP contribution is 2.42. The Bertz CT molecular complexity index is 1480. The minimum Gasteiger partial charge on any atom is -0.348 e. The molecule has 9 nitrogen and oxygen atoms in total. The zero-order valence-corrected chi connectivity index (χ0v) is 24.2. The van der Waals surface area contributed by atoms with E-state index in [4.69, 9.17) is 4.98 Å². The lowest BCUT2D eigenvalue weighted by molar-refractivity contribution is -0.131. The largest absolute Gasteiger partial charge is 0.348 e. The van der Waals surface area contributed by atoms with E-state index in [2.05, 4.69) is 79.5 Å². The lowest BCUT2D eigenvalue weighted by Gasteiger charge is -2.50. The van der Waals surface area contributed by atoms with Crippen molar-refractivity contribution in [3.05, 3.63) is 29.2 Å². The molecule has 1 N–H and O–H groups in total. The third-order valence-corrected chi connectivity index (χ3v) is 8.86. The summed E-state index contributed by atoms with van der Waals surface area (Å²) in [4.78, 5) is 33.3. The number of pyridine rings is 1. The third-order valence-electron chi connectivity index (χ3n) is 7.85. The second-order valence-electron chi connectivity index (χ2n) is 11.5. The molecule has 37 heavy (non-hydrogen) atoms. The maximum absolute atomic E-state index is 12.4. The van der Waals surface area contributed by atoms with Crippen LogP contribution in [0.1, 0.15) is 57.2 Å². The Hall–Kier alpha value is -2.98. The fourth-order valence-corrected chi connectivity index (χ4v) is 6.49. The number of aromatic amines is 1. The molecule has 5 heterocycles. The number of aryl methyl sites for hydroxylation is 1. The molecule has 4 aromatic rings. The Labute approximate surface area is 222 Å². The molecule has 4 aromatic heterocycles. The van der Waals surface area contributed by atoms with E-state index in [0.29, 0.717) is 12.5 Å². The number of nitrogens with zero attached hydrogens (tertiary/aromatic N) is 7. The van der Waals surface area contributed by atoms with Gasteiger partial charge in [0.1, 0.15) is 16.7 Å². The molecule has 0 aromatic carbocycles. The van der Waals surface area contributed by atoms with E-state index in [9.17, 15) is 4.79 Å². The summed E-state index contributed by atoms with van der Waals surface area (Å²) in [6, 6.07) is 0.250. The van der Waals surface area contributed by atoms with Gasteiger partial charge in [-0.1, -0.05) is 25.2 Å². The topological polar surface area (TPSA) is 85.7 Å². The fraction of sp³-hybridized carbons (Fsp3) is 0.556. The molecule has 198 valence electrons. The van der Waals surface area contributed by atoms with Crippen molar-refractivity contribution in [3.8, 4) is 11.3 Å². The Morgan fingerprint density at radius 2 is 2.00 bits per heavy atom. The third kappa shape index (κ3) is 4.29. The number of carbonyl (C=O) groups excluding carboxylic acids is 1. The first-order valence-corrected chi connectivity index (χ1v) is 13.7. The van der Waals surface area contributed by atoms with E-state index >= 15 is 0 Å². The van der Waals surface area contributed by atoms with Crippen LogP contribution in [0.25, 0.3) is 27.3 Å². The average Bonchev–Trinajstić information content (AvgIpc) is 3.52. The number of amides is 1. The molecule has 1 amide bonds. The van der Waals surface area contributed by atoms with Crippen LogP contribution in [0, 0.1) is 13.8 Å². The van der Waals surface area contributed by atoms with Crippen molar-refractivity contribution in [2.45, 2.75) is 66.0 Å². The molecule has 1 atom stereocenters. The molecule has 1 aliphatic heterocycles. The average molecular weight is 523 g/mol. The SMILES string of the molecule is Cc1c(-c2[nH]c3sc(N4CC(C)(C)N(CC(=O)N(C)C)C[C@@H]4C)nc3c2C(C)C)cn2ncnc2c1C. The number of carbonyl (C=O) groups is 1. The van der Waals surface area contributed by atoms with Gasteiger partial charge >= 0.3 is 0 Å². The molecule has 0 bridgehead atoms. The van der Waals surface area contributed by atoms with Gasteiger partial charge in [0.05, 0.1) is 12.2 Å². The van der Waals surface area contributed by atoms with Gasteiger partial charge in [-0.15, -0.1) is 0 Å². The van der Waals surface area contributed by atoms with Crippen LogP contribution in [-0.2, 0) is 4.79 Å². The summed E-state index contributed by atoms with van der Waals surface area (Å²) in [7, 11) is 3.64. The molecule has 0 aliphatic carbocycles. The highest BCUT2D eigenvalue weighted by atomic mass is 32.1. The van der Waals surface area contributed by atoms with E-state index in [1.165, 1.54) is 11.1 Å². The van der Waals surface area contributed by atoms with Crippen LogP contribution in [-0.4, -0.2) is 85.6 Å². The molecule has 0 spiro atoms. The summed E-state index contributed by atoms with van der Waals surface area (Å²) in [6.07, 6.45) is 3.68. The van der Waals surface area contributed by atoms with E-state index in [-0.39, 0.29) is 17.5 Å². The van der Waals surface area contributed by atoms with Crippen molar-refractivity contribution in [3.63, 3.8) is 0 Å². The van der Waals surface area contributed by atoms with Crippen molar-refractivity contribution in [1.82, 2.24) is 34.4 Å².